The van der Waals surface area contributed by atoms with E-state index in [0.717, 1.165) is 12.8 Å². The van der Waals surface area contributed by atoms with E-state index in [4.69, 9.17) is 5.73 Å². The number of carbonyl (C=O) groups excluding carboxylic acids is 2. The van der Waals surface area contributed by atoms with E-state index in [9.17, 15) is 18.0 Å². The Labute approximate surface area is 130 Å². The monoisotopic (exact) mass is 324 g/mol. The highest BCUT2D eigenvalue weighted by atomic mass is 32.2. The van der Waals surface area contributed by atoms with Crippen molar-refractivity contribution in [3.63, 3.8) is 0 Å². The number of primary amides is 1. The van der Waals surface area contributed by atoms with Gasteiger partial charge in [-0.3, -0.25) is 9.59 Å². The summed E-state index contributed by atoms with van der Waals surface area (Å²) in [6.45, 7) is 0. The maximum atomic E-state index is 12.1. The third-order valence-corrected chi connectivity index (χ3v) is 5.39. The maximum Gasteiger partial charge on any atom is 0.221 e. The molecule has 1 aromatic rings. The highest BCUT2D eigenvalue weighted by molar-refractivity contribution is 7.91. The Bertz CT molecular complexity index is 639. The van der Waals surface area contributed by atoms with Crippen molar-refractivity contribution in [2.45, 2.75) is 36.6 Å². The molecule has 1 aromatic carbocycles. The molecule has 1 aliphatic carbocycles. The zero-order chi connectivity index (χ0) is 16.2. The largest absolute Gasteiger partial charge is 0.370 e. The minimum atomic E-state index is -3.47. The Morgan fingerprint density at radius 3 is 2.41 bits per heavy atom. The SMILES string of the molecule is NC(=O)CC(NC(=O)CCS(=O)(=O)c1ccccc1)C1CC1. The van der Waals surface area contributed by atoms with Crippen molar-refractivity contribution in [2.24, 2.45) is 11.7 Å². The van der Waals surface area contributed by atoms with Crippen LogP contribution in [0.3, 0.4) is 0 Å². The fraction of sp³-hybridized carbons (Fsp3) is 0.467. The van der Waals surface area contributed by atoms with Crippen LogP contribution in [0.25, 0.3) is 0 Å². The van der Waals surface area contributed by atoms with E-state index in [1.165, 1.54) is 12.1 Å². The van der Waals surface area contributed by atoms with Gasteiger partial charge >= 0.3 is 0 Å². The molecule has 1 saturated carbocycles. The molecule has 0 aromatic heterocycles. The van der Waals surface area contributed by atoms with Gasteiger partial charge in [-0.05, 0) is 30.9 Å². The van der Waals surface area contributed by atoms with Gasteiger partial charge in [-0.15, -0.1) is 0 Å². The fourth-order valence-electron chi connectivity index (χ4n) is 2.30. The number of sulfone groups is 1. The summed E-state index contributed by atoms with van der Waals surface area (Å²) in [4.78, 5) is 23.1. The topological polar surface area (TPSA) is 106 Å². The number of hydrogen-bond donors (Lipinski definition) is 2. The Balaban J connectivity index is 1.88. The van der Waals surface area contributed by atoms with Crippen LogP contribution in [0.15, 0.2) is 35.2 Å². The van der Waals surface area contributed by atoms with Gasteiger partial charge in [0.05, 0.1) is 10.6 Å². The molecule has 7 heteroatoms. The molecule has 1 atom stereocenters. The molecular formula is C15H20N2O4S. The van der Waals surface area contributed by atoms with Crippen molar-refractivity contribution < 1.29 is 18.0 Å². The van der Waals surface area contributed by atoms with Crippen LogP contribution in [0.1, 0.15) is 25.7 Å². The van der Waals surface area contributed by atoms with Gasteiger partial charge in [-0.1, -0.05) is 18.2 Å². The third-order valence-electron chi connectivity index (χ3n) is 3.66. The smallest absolute Gasteiger partial charge is 0.221 e. The van der Waals surface area contributed by atoms with E-state index in [0.29, 0.717) is 0 Å². The maximum absolute atomic E-state index is 12.1. The van der Waals surface area contributed by atoms with Crippen molar-refractivity contribution in [3.05, 3.63) is 30.3 Å². The van der Waals surface area contributed by atoms with Gasteiger partial charge < -0.3 is 11.1 Å². The number of nitrogens with two attached hydrogens (primary N) is 1. The van der Waals surface area contributed by atoms with Gasteiger partial charge in [0.25, 0.3) is 0 Å². The highest BCUT2D eigenvalue weighted by Crippen LogP contribution is 2.34. The summed E-state index contributed by atoms with van der Waals surface area (Å²) in [5.41, 5.74) is 5.17. The first-order valence-electron chi connectivity index (χ1n) is 7.24. The van der Waals surface area contributed by atoms with Gasteiger partial charge in [0, 0.05) is 18.9 Å². The average molecular weight is 324 g/mol. The molecule has 1 aliphatic rings. The Kier molecular flexibility index (Phi) is 5.18. The Hall–Kier alpha value is -1.89. The normalized spacial score (nSPS) is 16.0. The van der Waals surface area contributed by atoms with E-state index >= 15 is 0 Å². The van der Waals surface area contributed by atoms with Crippen molar-refractivity contribution >= 4 is 21.7 Å². The summed E-state index contributed by atoms with van der Waals surface area (Å²) >= 11 is 0. The van der Waals surface area contributed by atoms with E-state index in [2.05, 4.69) is 5.32 Å². The number of hydrogen-bond acceptors (Lipinski definition) is 4. The molecule has 0 radical (unpaired) electrons. The van der Waals surface area contributed by atoms with Gasteiger partial charge in [-0.25, -0.2) is 8.42 Å². The zero-order valence-electron chi connectivity index (χ0n) is 12.2. The number of benzene rings is 1. The minimum Gasteiger partial charge on any atom is -0.370 e. The summed E-state index contributed by atoms with van der Waals surface area (Å²) in [5, 5.41) is 2.73. The predicted molar refractivity (Wildman–Crippen MR) is 81.6 cm³/mol. The van der Waals surface area contributed by atoms with Crippen LogP contribution in [0, 0.1) is 5.92 Å². The first-order valence-corrected chi connectivity index (χ1v) is 8.89. The Morgan fingerprint density at radius 1 is 1.23 bits per heavy atom. The molecular weight excluding hydrogens is 304 g/mol. The average Bonchev–Trinajstić information content (AvgIpc) is 3.30. The van der Waals surface area contributed by atoms with Crippen LogP contribution in [0.5, 0.6) is 0 Å². The first-order chi connectivity index (χ1) is 10.4. The van der Waals surface area contributed by atoms with Gasteiger partial charge in [0.2, 0.25) is 11.8 Å². The van der Waals surface area contributed by atoms with Crippen LogP contribution in [0.4, 0.5) is 0 Å². The third kappa shape index (κ3) is 4.84. The molecule has 3 N–H and O–H groups in total. The lowest BCUT2D eigenvalue weighted by atomic mass is 10.1. The molecule has 0 bridgehead atoms. The standard InChI is InChI=1S/C15H20N2O4S/c16-14(18)10-13(11-6-7-11)17-15(19)8-9-22(20,21)12-4-2-1-3-5-12/h1-5,11,13H,6-10H2,(H2,16,18)(H,17,19). The summed E-state index contributed by atoms with van der Waals surface area (Å²) in [6, 6.07) is 7.76. The van der Waals surface area contributed by atoms with Crippen LogP contribution >= 0.6 is 0 Å². The van der Waals surface area contributed by atoms with Crippen molar-refractivity contribution in [1.82, 2.24) is 5.32 Å². The molecule has 0 aliphatic heterocycles. The summed E-state index contributed by atoms with van der Waals surface area (Å²) in [5.74, 6) is -0.800. The van der Waals surface area contributed by atoms with Crippen LogP contribution in [0.2, 0.25) is 0 Å². The number of nitrogens with one attached hydrogen (secondary N) is 1. The molecule has 22 heavy (non-hydrogen) atoms. The zero-order valence-corrected chi connectivity index (χ0v) is 13.0. The molecule has 6 nitrogen and oxygen atoms in total. The van der Waals surface area contributed by atoms with E-state index in [-0.39, 0.29) is 41.4 Å². The first kappa shape index (κ1) is 16.5. The molecule has 0 spiro atoms. The molecule has 2 rings (SSSR count). The van der Waals surface area contributed by atoms with Crippen LogP contribution in [-0.2, 0) is 19.4 Å². The summed E-state index contributed by atoms with van der Waals surface area (Å²) in [7, 11) is -3.47. The molecule has 120 valence electrons. The lowest BCUT2D eigenvalue weighted by Crippen LogP contribution is -2.40. The van der Waals surface area contributed by atoms with Crippen LogP contribution < -0.4 is 11.1 Å². The van der Waals surface area contributed by atoms with Crippen molar-refractivity contribution in [3.8, 4) is 0 Å². The van der Waals surface area contributed by atoms with Crippen molar-refractivity contribution in [1.29, 1.82) is 0 Å². The lowest BCUT2D eigenvalue weighted by Gasteiger charge is -2.16. The molecule has 0 saturated heterocycles. The summed E-state index contributed by atoms with van der Waals surface area (Å²) in [6.07, 6.45) is 1.89. The van der Waals surface area contributed by atoms with Crippen molar-refractivity contribution in [2.75, 3.05) is 5.75 Å². The number of rotatable bonds is 8. The second kappa shape index (κ2) is 6.91. The highest BCUT2D eigenvalue weighted by Gasteiger charge is 2.33. The van der Waals surface area contributed by atoms with E-state index in [1.807, 2.05) is 0 Å². The quantitative estimate of drug-likeness (QED) is 0.731. The molecule has 1 unspecified atom stereocenters. The number of carbonyl (C=O) groups is 2. The molecule has 1 fully saturated rings. The second-order valence-electron chi connectivity index (χ2n) is 5.56. The van der Waals surface area contributed by atoms with E-state index in [1.54, 1.807) is 18.2 Å². The second-order valence-corrected chi connectivity index (χ2v) is 7.67. The van der Waals surface area contributed by atoms with Gasteiger partial charge in [0.1, 0.15) is 0 Å². The van der Waals surface area contributed by atoms with Gasteiger partial charge in [0.15, 0.2) is 9.84 Å². The number of amides is 2. The van der Waals surface area contributed by atoms with Crippen LogP contribution in [-0.4, -0.2) is 32.0 Å². The predicted octanol–water partition coefficient (Wildman–Crippen LogP) is 0.621. The van der Waals surface area contributed by atoms with E-state index < -0.39 is 15.7 Å². The lowest BCUT2D eigenvalue weighted by molar-refractivity contribution is -0.122. The minimum absolute atomic E-state index is 0.0990. The molecule has 0 heterocycles. The summed E-state index contributed by atoms with van der Waals surface area (Å²) < 4.78 is 24.2. The fourth-order valence-corrected chi connectivity index (χ4v) is 3.56. The van der Waals surface area contributed by atoms with Gasteiger partial charge in [-0.2, -0.15) is 0 Å². The molecule has 2 amide bonds. The Morgan fingerprint density at radius 2 is 1.86 bits per heavy atom.